The number of Topliss-reactive ketones (excluding diaryl/α,β-unsaturated/α-hetero) is 1. The van der Waals surface area contributed by atoms with Gasteiger partial charge in [0, 0.05) is 28.4 Å². The number of carboxylic acid groups (broad SMARTS) is 1. The van der Waals surface area contributed by atoms with E-state index < -0.39 is 11.9 Å². The summed E-state index contributed by atoms with van der Waals surface area (Å²) < 4.78 is 5.12. The van der Waals surface area contributed by atoms with Crippen LogP contribution >= 0.6 is 0 Å². The lowest BCUT2D eigenvalue weighted by Gasteiger charge is -2.16. The first-order valence-corrected chi connectivity index (χ1v) is 11.2. The molecule has 0 bridgehead atoms. The third-order valence-electron chi connectivity index (χ3n) is 5.80. The van der Waals surface area contributed by atoms with Crippen LogP contribution in [0.2, 0.25) is 0 Å². The number of hydrogen-bond acceptors (Lipinski definition) is 5. The van der Waals surface area contributed by atoms with Crippen LogP contribution in [-0.4, -0.2) is 29.2 Å². The molecule has 36 heavy (non-hydrogen) atoms. The number of hydrogen-bond donors (Lipinski definition) is 2. The zero-order chi connectivity index (χ0) is 25.8. The number of aryl methyl sites for hydroxylation is 2. The predicted octanol–water partition coefficient (Wildman–Crippen LogP) is 5.37. The highest BCUT2D eigenvalue weighted by Gasteiger charge is 2.24. The van der Waals surface area contributed by atoms with E-state index in [4.69, 9.17) is 4.74 Å². The number of amides is 1. The van der Waals surface area contributed by atoms with Gasteiger partial charge in [0.25, 0.3) is 12.4 Å². The number of carboxylic acids is 1. The third-order valence-corrected chi connectivity index (χ3v) is 5.80. The molecule has 0 aromatic heterocycles. The predicted molar refractivity (Wildman–Crippen MR) is 136 cm³/mol. The van der Waals surface area contributed by atoms with Crippen LogP contribution in [0.15, 0.2) is 72.8 Å². The van der Waals surface area contributed by atoms with Crippen LogP contribution in [0.25, 0.3) is 10.8 Å². The molecule has 4 aromatic rings. The van der Waals surface area contributed by atoms with Gasteiger partial charge in [0.15, 0.2) is 5.78 Å². The summed E-state index contributed by atoms with van der Waals surface area (Å²) in [5, 5.41) is 12.8. The fourth-order valence-electron chi connectivity index (χ4n) is 4.24. The molecule has 4 rings (SSSR count). The molecule has 7 heteroatoms. The van der Waals surface area contributed by atoms with E-state index in [1.54, 1.807) is 18.2 Å². The highest BCUT2D eigenvalue weighted by molar-refractivity contribution is 6.23. The van der Waals surface area contributed by atoms with Crippen LogP contribution in [0.4, 0.5) is 5.69 Å². The Balaban J connectivity index is 1.90. The topological polar surface area (TPSA) is 110 Å². The van der Waals surface area contributed by atoms with E-state index in [1.807, 2.05) is 44.2 Å². The van der Waals surface area contributed by atoms with Gasteiger partial charge in [-0.2, -0.15) is 0 Å². The minimum absolute atomic E-state index is 0.0235. The first-order chi connectivity index (χ1) is 17.3. The average Bonchev–Trinajstić information content (AvgIpc) is 2.83. The number of ether oxygens (including phenoxy) is 1. The van der Waals surface area contributed by atoms with E-state index in [-0.39, 0.29) is 51.9 Å². The number of ketones is 1. The zero-order valence-electron chi connectivity index (χ0n) is 19.7. The monoisotopic (exact) mass is 481 g/mol. The van der Waals surface area contributed by atoms with Gasteiger partial charge in [-0.1, -0.05) is 42.0 Å². The molecular weight excluding hydrogens is 458 g/mol. The summed E-state index contributed by atoms with van der Waals surface area (Å²) in [4.78, 5) is 50.1. The number of nitrogens with one attached hydrogen (secondary N) is 1. The van der Waals surface area contributed by atoms with Crippen molar-refractivity contribution < 1.29 is 29.0 Å². The Hall–Kier alpha value is -4.78. The van der Waals surface area contributed by atoms with Gasteiger partial charge in [-0.05, 0) is 61.4 Å². The standard InChI is InChI=1S/C29H23NO6/c1-17-5-3-7-19(13-17)15-24(32)21-11-12-25(36-16-31)27-22(9-10-23(26(21)27)29(34)35)28(33)30-20-8-4-6-18(2)14-20/h3-14,16H,15H2,1-2H3,(H,30,33)(H,34,35). The molecule has 0 radical (unpaired) electrons. The molecule has 4 aromatic carbocycles. The lowest BCUT2D eigenvalue weighted by Crippen LogP contribution is -2.15. The fraction of sp³-hybridized carbons (Fsp3) is 0.103. The van der Waals surface area contributed by atoms with E-state index in [9.17, 15) is 24.3 Å². The summed E-state index contributed by atoms with van der Waals surface area (Å²) in [7, 11) is 0. The van der Waals surface area contributed by atoms with Crippen LogP contribution in [-0.2, 0) is 11.2 Å². The summed E-state index contributed by atoms with van der Waals surface area (Å²) in [6.07, 6.45) is 0.0312. The largest absolute Gasteiger partial charge is 0.478 e. The maximum Gasteiger partial charge on any atom is 0.336 e. The normalized spacial score (nSPS) is 10.6. The number of fused-ring (bicyclic) bond motifs is 1. The molecule has 0 heterocycles. The molecule has 0 aliphatic carbocycles. The minimum Gasteiger partial charge on any atom is -0.478 e. The van der Waals surface area contributed by atoms with Crippen LogP contribution < -0.4 is 10.1 Å². The van der Waals surface area contributed by atoms with Crippen molar-refractivity contribution in [2.75, 3.05) is 5.32 Å². The van der Waals surface area contributed by atoms with Crippen molar-refractivity contribution in [3.05, 3.63) is 106 Å². The molecule has 0 fully saturated rings. The number of benzene rings is 4. The average molecular weight is 482 g/mol. The molecule has 7 nitrogen and oxygen atoms in total. The van der Waals surface area contributed by atoms with Crippen molar-refractivity contribution in [1.29, 1.82) is 0 Å². The molecule has 180 valence electrons. The molecule has 0 aliphatic rings. The molecule has 1 amide bonds. The van der Waals surface area contributed by atoms with E-state index >= 15 is 0 Å². The van der Waals surface area contributed by atoms with Gasteiger partial charge in [0.05, 0.1) is 11.1 Å². The Morgan fingerprint density at radius 1 is 0.833 bits per heavy atom. The summed E-state index contributed by atoms with van der Waals surface area (Å²) in [5.41, 5.74) is 3.24. The number of rotatable bonds is 8. The summed E-state index contributed by atoms with van der Waals surface area (Å²) in [5.74, 6) is -2.17. The third kappa shape index (κ3) is 5.00. The summed E-state index contributed by atoms with van der Waals surface area (Å²) >= 11 is 0. The van der Waals surface area contributed by atoms with E-state index in [1.165, 1.54) is 24.3 Å². The van der Waals surface area contributed by atoms with Gasteiger partial charge in [-0.3, -0.25) is 14.4 Å². The Bertz CT molecular complexity index is 1520. The molecule has 0 saturated heterocycles. The van der Waals surface area contributed by atoms with E-state index in [2.05, 4.69) is 5.32 Å². The van der Waals surface area contributed by atoms with Gasteiger partial charge in [-0.15, -0.1) is 0 Å². The second kappa shape index (κ2) is 10.2. The number of anilines is 1. The maximum atomic E-state index is 13.4. The lowest BCUT2D eigenvalue weighted by molar-refractivity contribution is -0.120. The van der Waals surface area contributed by atoms with Crippen molar-refractivity contribution in [2.24, 2.45) is 0 Å². The highest BCUT2D eigenvalue weighted by atomic mass is 16.5. The van der Waals surface area contributed by atoms with Crippen molar-refractivity contribution in [1.82, 2.24) is 0 Å². The Kier molecular flexibility index (Phi) is 6.92. The molecule has 0 atom stereocenters. The minimum atomic E-state index is -1.28. The van der Waals surface area contributed by atoms with Gasteiger partial charge in [0.2, 0.25) is 0 Å². The van der Waals surface area contributed by atoms with E-state index in [0.717, 1.165) is 16.7 Å². The van der Waals surface area contributed by atoms with Crippen LogP contribution in [0.3, 0.4) is 0 Å². The first kappa shape index (κ1) is 24.3. The molecule has 2 N–H and O–H groups in total. The van der Waals surface area contributed by atoms with Gasteiger partial charge < -0.3 is 15.2 Å². The van der Waals surface area contributed by atoms with Crippen LogP contribution in [0.5, 0.6) is 5.75 Å². The van der Waals surface area contributed by atoms with Gasteiger partial charge >= 0.3 is 5.97 Å². The molecule has 0 unspecified atom stereocenters. The van der Waals surface area contributed by atoms with Gasteiger partial charge in [-0.25, -0.2) is 4.79 Å². The molecule has 0 aliphatic heterocycles. The van der Waals surface area contributed by atoms with Crippen LogP contribution in [0.1, 0.15) is 47.8 Å². The van der Waals surface area contributed by atoms with Crippen molar-refractivity contribution in [3.8, 4) is 5.75 Å². The first-order valence-electron chi connectivity index (χ1n) is 11.2. The number of carbonyl (C=O) groups excluding carboxylic acids is 3. The van der Waals surface area contributed by atoms with Crippen molar-refractivity contribution >= 4 is 40.6 Å². The summed E-state index contributed by atoms with van der Waals surface area (Å²) in [6.45, 7) is 3.99. The second-order valence-electron chi connectivity index (χ2n) is 8.45. The van der Waals surface area contributed by atoms with Crippen molar-refractivity contribution in [3.63, 3.8) is 0 Å². The van der Waals surface area contributed by atoms with E-state index in [0.29, 0.717) is 5.69 Å². The molecule has 0 spiro atoms. The Morgan fingerprint density at radius 2 is 1.50 bits per heavy atom. The summed E-state index contributed by atoms with van der Waals surface area (Å²) in [6, 6.07) is 20.1. The number of carbonyl (C=O) groups is 4. The molecule has 0 saturated carbocycles. The quantitative estimate of drug-likeness (QED) is 0.259. The van der Waals surface area contributed by atoms with Crippen LogP contribution in [0, 0.1) is 13.8 Å². The number of aromatic carboxylic acids is 1. The Labute approximate surface area is 207 Å². The smallest absolute Gasteiger partial charge is 0.336 e. The molecular formula is C29H23NO6. The van der Waals surface area contributed by atoms with Gasteiger partial charge in [0.1, 0.15) is 5.75 Å². The fourth-order valence-corrected chi connectivity index (χ4v) is 4.24. The maximum absolute atomic E-state index is 13.4. The SMILES string of the molecule is Cc1cccc(CC(=O)c2ccc(OC=O)c3c(C(=O)Nc4cccc(C)c4)ccc(C(=O)O)c23)c1. The Morgan fingerprint density at radius 3 is 2.17 bits per heavy atom. The zero-order valence-corrected chi connectivity index (χ0v) is 19.7. The lowest BCUT2D eigenvalue weighted by atomic mass is 9.90. The van der Waals surface area contributed by atoms with Crippen molar-refractivity contribution in [2.45, 2.75) is 20.3 Å². The second-order valence-corrected chi connectivity index (χ2v) is 8.45. The highest BCUT2D eigenvalue weighted by Crippen LogP contribution is 2.35.